The van der Waals surface area contributed by atoms with Crippen molar-refractivity contribution in [1.29, 1.82) is 0 Å². The van der Waals surface area contributed by atoms with Crippen LogP contribution in [0.2, 0.25) is 0 Å². The smallest absolute Gasteiger partial charge is 0.265 e. The maximum atomic E-state index is 12.7. The molecule has 0 aliphatic carbocycles. The van der Waals surface area contributed by atoms with Gasteiger partial charge in [0.25, 0.3) is 6.17 Å². The monoisotopic (exact) mass is 406 g/mol. The maximum Gasteiger partial charge on any atom is 0.428 e. The molecule has 104 valence electrons. The average molecular weight is 408 g/mol. The summed E-state index contributed by atoms with van der Waals surface area (Å²) in [6, 6.07) is 0. The molecule has 2 atom stereocenters. The highest BCUT2D eigenvalue weighted by molar-refractivity contribution is 9.12. The summed E-state index contributed by atoms with van der Waals surface area (Å²) in [5.41, 5.74) is 0. The SMILES string of the molecule is FC(C(F)(F)F)C(F)(F)OC(F)(Br)C(F)(F)Br. The fraction of sp³-hybridized carbons (Fsp3) is 1.00. The molecule has 0 aliphatic heterocycles. The minimum absolute atomic E-state index is 1.24. The summed E-state index contributed by atoms with van der Waals surface area (Å²) in [6.07, 6.45) is -16.9. The second-order valence-electron chi connectivity index (χ2n) is 2.58. The number of ether oxygens (including phenoxy) is 1. The molecule has 0 aromatic rings. The molecule has 0 rings (SSSR count). The molecule has 0 bridgehead atoms. The molecule has 0 aromatic heterocycles. The molecule has 1 nitrogen and oxygen atoms in total. The lowest BCUT2D eigenvalue weighted by atomic mass is 10.3. The van der Waals surface area contributed by atoms with Gasteiger partial charge in [-0.15, -0.1) is 0 Å². The normalized spacial score (nSPS) is 19.9. The minimum atomic E-state index is -6.10. The van der Waals surface area contributed by atoms with Crippen molar-refractivity contribution in [3.8, 4) is 0 Å². The molecule has 0 amide bonds. The topological polar surface area (TPSA) is 9.23 Å². The van der Waals surface area contributed by atoms with Gasteiger partial charge in [0.2, 0.25) is 0 Å². The Kier molecular flexibility index (Phi) is 4.84. The summed E-state index contributed by atoms with van der Waals surface area (Å²) in [4.78, 5) is -4.81. The zero-order valence-electron chi connectivity index (χ0n) is 7.14. The summed E-state index contributed by atoms with van der Waals surface area (Å²) >= 11 is 2.51. The first-order chi connectivity index (χ1) is 7.11. The Morgan fingerprint density at radius 3 is 1.41 bits per heavy atom. The van der Waals surface area contributed by atoms with Crippen molar-refractivity contribution in [1.82, 2.24) is 0 Å². The highest BCUT2D eigenvalue weighted by atomic mass is 79.9. The summed E-state index contributed by atoms with van der Waals surface area (Å²) in [6.45, 7) is 0. The van der Waals surface area contributed by atoms with Crippen molar-refractivity contribution >= 4 is 31.9 Å². The molecular weight excluding hydrogens is 407 g/mol. The summed E-state index contributed by atoms with van der Waals surface area (Å²) in [5.74, 6) is 0. The van der Waals surface area contributed by atoms with E-state index in [-0.39, 0.29) is 0 Å². The zero-order valence-corrected chi connectivity index (χ0v) is 10.3. The maximum absolute atomic E-state index is 12.7. The number of rotatable bonds is 4. The first-order valence-electron chi connectivity index (χ1n) is 3.34. The third-order valence-corrected chi connectivity index (χ3v) is 2.88. The predicted molar refractivity (Wildman–Crippen MR) is 43.6 cm³/mol. The standard InChI is InChI=1S/C5HBr2F9O/c6-4(14,15)5(7,16)17-3(12,13)1(8)2(9,10)11/h1H. The van der Waals surface area contributed by atoms with Crippen LogP contribution < -0.4 is 0 Å². The largest absolute Gasteiger partial charge is 0.428 e. The molecule has 0 heterocycles. The van der Waals surface area contributed by atoms with Gasteiger partial charge in [0.05, 0.1) is 0 Å². The van der Waals surface area contributed by atoms with Gasteiger partial charge in [-0.3, -0.25) is 4.74 Å². The lowest BCUT2D eigenvalue weighted by molar-refractivity contribution is -0.381. The fourth-order valence-electron chi connectivity index (χ4n) is 0.471. The van der Waals surface area contributed by atoms with E-state index in [1.807, 2.05) is 0 Å². The summed E-state index contributed by atoms with van der Waals surface area (Å²) in [7, 11) is 0. The Morgan fingerprint density at radius 2 is 1.18 bits per heavy atom. The molecule has 0 saturated carbocycles. The Labute approximate surface area is 105 Å². The lowest BCUT2D eigenvalue weighted by Gasteiger charge is -2.30. The molecule has 17 heavy (non-hydrogen) atoms. The predicted octanol–water partition coefficient (Wildman–Crippen LogP) is 4.50. The second-order valence-corrected chi connectivity index (χ2v) is 4.60. The first kappa shape index (κ1) is 17.3. The van der Waals surface area contributed by atoms with Crippen molar-refractivity contribution < 1.29 is 44.3 Å². The van der Waals surface area contributed by atoms with Crippen LogP contribution in [-0.4, -0.2) is 28.1 Å². The van der Waals surface area contributed by atoms with Crippen LogP contribution in [0.15, 0.2) is 0 Å². The van der Waals surface area contributed by atoms with Crippen molar-refractivity contribution in [2.24, 2.45) is 0 Å². The van der Waals surface area contributed by atoms with Gasteiger partial charge in [0.1, 0.15) is 0 Å². The highest BCUT2D eigenvalue weighted by Gasteiger charge is 2.65. The van der Waals surface area contributed by atoms with Crippen molar-refractivity contribution in [3.05, 3.63) is 0 Å². The van der Waals surface area contributed by atoms with Gasteiger partial charge in [-0.2, -0.15) is 35.1 Å². The number of halogens is 11. The lowest BCUT2D eigenvalue weighted by Crippen LogP contribution is -2.50. The number of hydrogen-bond donors (Lipinski definition) is 0. The Morgan fingerprint density at radius 1 is 0.824 bits per heavy atom. The molecule has 12 heteroatoms. The van der Waals surface area contributed by atoms with Gasteiger partial charge >= 0.3 is 21.9 Å². The van der Waals surface area contributed by atoms with E-state index in [9.17, 15) is 39.5 Å². The van der Waals surface area contributed by atoms with Gasteiger partial charge < -0.3 is 0 Å². The van der Waals surface area contributed by atoms with Crippen molar-refractivity contribution in [3.63, 3.8) is 0 Å². The van der Waals surface area contributed by atoms with Crippen LogP contribution in [0.4, 0.5) is 39.5 Å². The zero-order chi connectivity index (χ0) is 14.3. The molecular formula is C5HBr2F9O. The third kappa shape index (κ3) is 4.47. The summed E-state index contributed by atoms with van der Waals surface area (Å²) in [5, 5.41) is 0. The van der Waals surface area contributed by atoms with Gasteiger partial charge in [-0.1, -0.05) is 0 Å². The van der Waals surface area contributed by atoms with Crippen LogP contribution in [0.5, 0.6) is 0 Å². The van der Waals surface area contributed by atoms with Gasteiger partial charge in [-0.05, 0) is 31.9 Å². The number of hydrogen-bond acceptors (Lipinski definition) is 1. The van der Waals surface area contributed by atoms with E-state index in [1.165, 1.54) is 31.9 Å². The molecule has 2 unspecified atom stereocenters. The average Bonchev–Trinajstić information content (AvgIpc) is 1.96. The Hall–Kier alpha value is 0.290. The fourth-order valence-corrected chi connectivity index (χ4v) is 0.768. The Balaban J connectivity index is 5.01. The van der Waals surface area contributed by atoms with Crippen molar-refractivity contribution in [2.75, 3.05) is 0 Å². The van der Waals surface area contributed by atoms with Gasteiger partial charge in [-0.25, -0.2) is 4.39 Å². The first-order valence-corrected chi connectivity index (χ1v) is 4.93. The van der Waals surface area contributed by atoms with E-state index in [1.54, 1.807) is 0 Å². The van der Waals surface area contributed by atoms with E-state index in [0.717, 1.165) is 0 Å². The molecule has 0 N–H and O–H groups in total. The third-order valence-electron chi connectivity index (χ3n) is 1.18. The molecule has 0 aliphatic rings. The Bertz CT molecular complexity index is 270. The minimum Gasteiger partial charge on any atom is -0.265 e. The van der Waals surface area contributed by atoms with E-state index in [0.29, 0.717) is 0 Å². The molecule has 0 fully saturated rings. The molecule has 0 radical (unpaired) electrons. The molecule has 0 saturated heterocycles. The van der Waals surface area contributed by atoms with E-state index >= 15 is 0 Å². The van der Waals surface area contributed by atoms with Gasteiger partial charge in [0, 0.05) is 0 Å². The van der Waals surface area contributed by atoms with Crippen molar-refractivity contribution in [2.45, 2.75) is 28.1 Å². The van der Waals surface area contributed by atoms with Gasteiger partial charge in [0.15, 0.2) is 0 Å². The molecule has 0 spiro atoms. The molecule has 0 aromatic carbocycles. The number of alkyl halides is 11. The van der Waals surface area contributed by atoms with Crippen LogP contribution in [0.1, 0.15) is 0 Å². The highest BCUT2D eigenvalue weighted by Crippen LogP contribution is 2.48. The van der Waals surface area contributed by atoms with Crippen LogP contribution in [-0.2, 0) is 4.74 Å². The summed E-state index contributed by atoms with van der Waals surface area (Å²) < 4.78 is 107. The quantitative estimate of drug-likeness (QED) is 0.492. The second kappa shape index (κ2) is 4.76. The van der Waals surface area contributed by atoms with Crippen LogP contribution in [0.3, 0.4) is 0 Å². The van der Waals surface area contributed by atoms with Crippen LogP contribution in [0.25, 0.3) is 0 Å². The van der Waals surface area contributed by atoms with E-state index in [2.05, 4.69) is 4.74 Å². The van der Waals surface area contributed by atoms with Crippen LogP contribution in [0, 0.1) is 0 Å². The van der Waals surface area contributed by atoms with E-state index in [4.69, 9.17) is 0 Å². The van der Waals surface area contributed by atoms with Crippen LogP contribution >= 0.6 is 31.9 Å². The van der Waals surface area contributed by atoms with E-state index < -0.39 is 28.1 Å².